The van der Waals surface area contributed by atoms with Crippen LogP contribution in [0, 0.1) is 11.8 Å². The molecule has 1 heteroatoms. The minimum atomic E-state index is -0.829. The van der Waals surface area contributed by atoms with E-state index >= 15 is 0 Å². The molecule has 0 bridgehead atoms. The van der Waals surface area contributed by atoms with Crippen molar-refractivity contribution in [2.45, 2.75) is 65.7 Å². The number of rotatable bonds is 6. The molecule has 0 unspecified atom stereocenters. The third-order valence-electron chi connectivity index (χ3n) is 2.80. The maximum atomic E-state index is 2.55. The van der Waals surface area contributed by atoms with Crippen LogP contribution in [0.15, 0.2) is 0 Å². The molecule has 0 heterocycles. The molecule has 0 aromatic carbocycles. The Balaban J connectivity index is 3.66. The van der Waals surface area contributed by atoms with Gasteiger partial charge in [-0.05, 0) is 11.8 Å². The van der Waals surface area contributed by atoms with E-state index in [9.17, 15) is 0 Å². The Morgan fingerprint density at radius 1 is 0.769 bits per heavy atom. The van der Waals surface area contributed by atoms with Crippen molar-refractivity contribution in [3.63, 3.8) is 0 Å². The summed E-state index contributed by atoms with van der Waals surface area (Å²) in [4.78, 5) is 0. The fourth-order valence-electron chi connectivity index (χ4n) is 1.48. The summed E-state index contributed by atoms with van der Waals surface area (Å²) in [5, 5.41) is 0. The lowest BCUT2D eigenvalue weighted by atomic mass is 10.2. The highest BCUT2D eigenvalue weighted by Gasteiger charge is 2.20. The molecule has 0 aliphatic heterocycles. The Hall–Kier alpha value is 0.217. The van der Waals surface area contributed by atoms with Gasteiger partial charge in [0.15, 0.2) is 0 Å². The second-order valence-electron chi connectivity index (χ2n) is 6.03. The summed E-state index contributed by atoms with van der Waals surface area (Å²) in [7, 11) is -0.829. The molecule has 0 rings (SSSR count). The minimum Gasteiger partial charge on any atom is -0.0693 e. The predicted octanol–water partition coefficient (Wildman–Crippen LogP) is 4.79. The SMILES string of the molecule is CC(C)CC[Si](C)(C)CCC(C)C. The average Bonchev–Trinajstić information content (AvgIpc) is 1.98. The molecule has 80 valence electrons. The van der Waals surface area contributed by atoms with Gasteiger partial charge in [-0.2, -0.15) is 0 Å². The van der Waals surface area contributed by atoms with Crippen molar-refractivity contribution >= 4 is 8.07 Å². The molecule has 0 fully saturated rings. The fourth-order valence-corrected chi connectivity index (χ4v) is 4.45. The molecular weight excluding hydrogens is 172 g/mol. The molecular formula is C12H28Si. The van der Waals surface area contributed by atoms with Gasteiger partial charge in [0, 0.05) is 8.07 Å². The quantitative estimate of drug-likeness (QED) is 0.541. The minimum absolute atomic E-state index is 0.829. The Kier molecular flexibility index (Phi) is 5.94. The molecule has 0 aliphatic rings. The van der Waals surface area contributed by atoms with Gasteiger partial charge >= 0.3 is 0 Å². The topological polar surface area (TPSA) is 0 Å². The Labute approximate surface area is 86.1 Å². The molecule has 0 aliphatic carbocycles. The van der Waals surface area contributed by atoms with Crippen molar-refractivity contribution in [1.82, 2.24) is 0 Å². The van der Waals surface area contributed by atoms with Crippen molar-refractivity contribution in [2.75, 3.05) is 0 Å². The first kappa shape index (κ1) is 13.2. The summed E-state index contributed by atoms with van der Waals surface area (Å²) in [5.41, 5.74) is 0. The van der Waals surface area contributed by atoms with Gasteiger partial charge in [0.05, 0.1) is 0 Å². The second kappa shape index (κ2) is 5.84. The lowest BCUT2D eigenvalue weighted by Crippen LogP contribution is -2.25. The van der Waals surface area contributed by atoms with E-state index in [1.54, 1.807) is 0 Å². The first-order valence-electron chi connectivity index (χ1n) is 5.83. The molecule has 0 aromatic rings. The number of hydrogen-bond donors (Lipinski definition) is 0. The van der Waals surface area contributed by atoms with Crippen molar-refractivity contribution in [2.24, 2.45) is 11.8 Å². The van der Waals surface area contributed by atoms with E-state index in [0.29, 0.717) is 0 Å². The van der Waals surface area contributed by atoms with E-state index in [1.807, 2.05) is 0 Å². The van der Waals surface area contributed by atoms with Crippen molar-refractivity contribution in [3.8, 4) is 0 Å². The summed E-state index contributed by atoms with van der Waals surface area (Å²) >= 11 is 0. The highest BCUT2D eigenvalue weighted by atomic mass is 28.3. The summed E-state index contributed by atoms with van der Waals surface area (Å²) < 4.78 is 0. The van der Waals surface area contributed by atoms with Crippen LogP contribution in [0.1, 0.15) is 40.5 Å². The fraction of sp³-hybridized carbons (Fsp3) is 1.00. The smallest absolute Gasteiger partial charge is 0.0473 e. The van der Waals surface area contributed by atoms with Crippen LogP contribution >= 0.6 is 0 Å². The van der Waals surface area contributed by atoms with Gasteiger partial charge in [-0.3, -0.25) is 0 Å². The average molecular weight is 200 g/mol. The van der Waals surface area contributed by atoms with Gasteiger partial charge in [-0.25, -0.2) is 0 Å². The number of hydrogen-bond acceptors (Lipinski definition) is 0. The van der Waals surface area contributed by atoms with Crippen LogP contribution in [0.4, 0.5) is 0 Å². The standard InChI is InChI=1S/C12H28Si/c1-11(2)7-9-13(5,6)10-8-12(3)4/h11-12H,7-10H2,1-6H3. The molecule has 0 N–H and O–H groups in total. The van der Waals surface area contributed by atoms with Crippen LogP contribution in [-0.2, 0) is 0 Å². The predicted molar refractivity (Wildman–Crippen MR) is 66.0 cm³/mol. The molecule has 0 amide bonds. The molecule has 0 atom stereocenters. The summed E-state index contributed by atoms with van der Waals surface area (Å²) in [6.07, 6.45) is 2.88. The molecule has 0 aromatic heterocycles. The normalized spacial score (nSPS) is 12.9. The molecule has 13 heavy (non-hydrogen) atoms. The molecule has 0 nitrogen and oxygen atoms in total. The van der Waals surface area contributed by atoms with Crippen LogP contribution in [0.2, 0.25) is 25.2 Å². The summed E-state index contributed by atoms with van der Waals surface area (Å²) in [6, 6.07) is 3.05. The van der Waals surface area contributed by atoms with E-state index in [-0.39, 0.29) is 0 Å². The summed E-state index contributed by atoms with van der Waals surface area (Å²) in [6.45, 7) is 14.5. The van der Waals surface area contributed by atoms with Crippen molar-refractivity contribution in [3.05, 3.63) is 0 Å². The zero-order chi connectivity index (χ0) is 10.5. The molecule has 0 radical (unpaired) electrons. The lowest BCUT2D eigenvalue weighted by molar-refractivity contribution is 0.602. The first-order valence-corrected chi connectivity index (χ1v) is 9.25. The zero-order valence-corrected chi connectivity index (χ0v) is 11.5. The monoisotopic (exact) mass is 200 g/mol. The van der Waals surface area contributed by atoms with E-state index in [0.717, 1.165) is 11.8 Å². The third-order valence-corrected chi connectivity index (χ3v) is 6.08. The lowest BCUT2D eigenvalue weighted by Gasteiger charge is -2.24. The molecule has 0 saturated carbocycles. The van der Waals surface area contributed by atoms with Gasteiger partial charge < -0.3 is 0 Å². The maximum Gasteiger partial charge on any atom is 0.0473 e. The Morgan fingerprint density at radius 3 is 1.31 bits per heavy atom. The van der Waals surface area contributed by atoms with Crippen molar-refractivity contribution in [1.29, 1.82) is 0 Å². The Bertz CT molecular complexity index is 111. The van der Waals surface area contributed by atoms with E-state index < -0.39 is 8.07 Å². The van der Waals surface area contributed by atoms with Crippen LogP contribution in [0.25, 0.3) is 0 Å². The van der Waals surface area contributed by atoms with Gasteiger partial charge in [-0.15, -0.1) is 0 Å². The van der Waals surface area contributed by atoms with Gasteiger partial charge in [0.2, 0.25) is 0 Å². The van der Waals surface area contributed by atoms with E-state index in [1.165, 1.54) is 24.9 Å². The third kappa shape index (κ3) is 8.54. The zero-order valence-electron chi connectivity index (χ0n) is 10.5. The first-order chi connectivity index (χ1) is 5.83. The molecule has 0 saturated heterocycles. The van der Waals surface area contributed by atoms with E-state index in [4.69, 9.17) is 0 Å². The highest BCUT2D eigenvalue weighted by Crippen LogP contribution is 2.23. The van der Waals surface area contributed by atoms with Crippen LogP contribution in [0.3, 0.4) is 0 Å². The summed E-state index contributed by atoms with van der Waals surface area (Å²) in [5.74, 6) is 1.79. The molecule has 0 spiro atoms. The van der Waals surface area contributed by atoms with E-state index in [2.05, 4.69) is 40.8 Å². The highest BCUT2D eigenvalue weighted by molar-refractivity contribution is 6.77. The van der Waals surface area contributed by atoms with Gasteiger partial charge in [0.25, 0.3) is 0 Å². The van der Waals surface area contributed by atoms with Crippen LogP contribution in [0.5, 0.6) is 0 Å². The van der Waals surface area contributed by atoms with Gasteiger partial charge in [-0.1, -0.05) is 65.7 Å². The largest absolute Gasteiger partial charge is 0.0693 e. The maximum absolute atomic E-state index is 2.55. The second-order valence-corrected chi connectivity index (χ2v) is 11.4. The van der Waals surface area contributed by atoms with Crippen LogP contribution < -0.4 is 0 Å². The Morgan fingerprint density at radius 2 is 1.08 bits per heavy atom. The van der Waals surface area contributed by atoms with Crippen LogP contribution in [-0.4, -0.2) is 8.07 Å². The van der Waals surface area contributed by atoms with Gasteiger partial charge in [0.1, 0.15) is 0 Å². The van der Waals surface area contributed by atoms with Crippen molar-refractivity contribution < 1.29 is 0 Å².